The summed E-state index contributed by atoms with van der Waals surface area (Å²) in [6, 6.07) is 5.76. The minimum atomic E-state index is -0.449. The standard InChI is InChI=1S/C17H17FO3S/c1-4-21-17(20)15-14(11-5-7-12(18)8-6-11)13(9-19)22-16(15)10(2)3/h5-10H,4H2,1-3H3. The van der Waals surface area contributed by atoms with E-state index in [1.165, 1.54) is 23.5 Å². The predicted molar refractivity (Wildman–Crippen MR) is 85.1 cm³/mol. The molecule has 2 aromatic rings. The second-order valence-electron chi connectivity index (χ2n) is 5.08. The molecule has 1 aromatic carbocycles. The Kier molecular flexibility index (Phi) is 5.08. The van der Waals surface area contributed by atoms with E-state index < -0.39 is 5.97 Å². The van der Waals surface area contributed by atoms with Crippen molar-refractivity contribution in [2.24, 2.45) is 0 Å². The van der Waals surface area contributed by atoms with Gasteiger partial charge in [0.15, 0.2) is 6.29 Å². The molecular formula is C17H17FO3S. The van der Waals surface area contributed by atoms with Gasteiger partial charge in [-0.15, -0.1) is 11.3 Å². The maximum Gasteiger partial charge on any atom is 0.339 e. The van der Waals surface area contributed by atoms with Crippen LogP contribution in [0.5, 0.6) is 0 Å². The predicted octanol–water partition coefficient (Wildman–Crippen LogP) is 4.67. The lowest BCUT2D eigenvalue weighted by Gasteiger charge is -2.09. The maximum atomic E-state index is 13.1. The highest BCUT2D eigenvalue weighted by Gasteiger charge is 2.26. The molecule has 0 atom stereocenters. The highest BCUT2D eigenvalue weighted by atomic mass is 32.1. The summed E-state index contributed by atoms with van der Waals surface area (Å²) >= 11 is 1.28. The molecule has 0 saturated heterocycles. The van der Waals surface area contributed by atoms with E-state index in [9.17, 15) is 14.0 Å². The largest absolute Gasteiger partial charge is 0.462 e. The van der Waals surface area contributed by atoms with Crippen LogP contribution in [0.4, 0.5) is 4.39 Å². The summed E-state index contributed by atoms with van der Waals surface area (Å²) in [5.74, 6) is -0.736. The van der Waals surface area contributed by atoms with Crippen molar-refractivity contribution in [2.75, 3.05) is 6.61 Å². The molecule has 0 bridgehead atoms. The third-order valence-corrected chi connectivity index (χ3v) is 4.62. The van der Waals surface area contributed by atoms with Gasteiger partial charge in [0.2, 0.25) is 0 Å². The molecular weight excluding hydrogens is 303 g/mol. The minimum Gasteiger partial charge on any atom is -0.462 e. The molecule has 1 heterocycles. The van der Waals surface area contributed by atoms with Gasteiger partial charge in [0, 0.05) is 10.4 Å². The van der Waals surface area contributed by atoms with E-state index in [1.54, 1.807) is 19.1 Å². The fourth-order valence-electron chi connectivity index (χ4n) is 2.27. The smallest absolute Gasteiger partial charge is 0.339 e. The van der Waals surface area contributed by atoms with Gasteiger partial charge in [-0.05, 0) is 30.5 Å². The first kappa shape index (κ1) is 16.4. The molecule has 2 rings (SSSR count). The zero-order valence-electron chi connectivity index (χ0n) is 12.7. The van der Waals surface area contributed by atoms with Gasteiger partial charge in [-0.1, -0.05) is 26.0 Å². The number of halogens is 1. The highest BCUT2D eigenvalue weighted by molar-refractivity contribution is 7.14. The molecule has 0 fully saturated rings. The van der Waals surface area contributed by atoms with Crippen molar-refractivity contribution in [3.63, 3.8) is 0 Å². The molecule has 0 radical (unpaired) electrons. The Morgan fingerprint density at radius 2 is 1.95 bits per heavy atom. The van der Waals surface area contributed by atoms with Crippen LogP contribution in [0.2, 0.25) is 0 Å². The molecule has 0 amide bonds. The van der Waals surface area contributed by atoms with E-state index in [4.69, 9.17) is 4.74 Å². The van der Waals surface area contributed by atoms with Gasteiger partial charge < -0.3 is 4.74 Å². The van der Waals surface area contributed by atoms with E-state index in [2.05, 4.69) is 0 Å². The van der Waals surface area contributed by atoms with Crippen molar-refractivity contribution in [3.05, 3.63) is 45.4 Å². The van der Waals surface area contributed by atoms with E-state index in [0.29, 0.717) is 21.6 Å². The third-order valence-electron chi connectivity index (χ3n) is 3.21. The Morgan fingerprint density at radius 3 is 2.45 bits per heavy atom. The van der Waals surface area contributed by atoms with Gasteiger partial charge in [-0.25, -0.2) is 9.18 Å². The second-order valence-corrected chi connectivity index (χ2v) is 6.16. The van der Waals surface area contributed by atoms with Crippen LogP contribution in [0.3, 0.4) is 0 Å². The zero-order valence-corrected chi connectivity index (χ0v) is 13.5. The third kappa shape index (κ3) is 3.09. The van der Waals surface area contributed by atoms with Crippen molar-refractivity contribution < 1.29 is 18.7 Å². The first-order valence-corrected chi connectivity index (χ1v) is 7.86. The summed E-state index contributed by atoms with van der Waals surface area (Å²) in [7, 11) is 0. The van der Waals surface area contributed by atoms with Gasteiger partial charge in [0.1, 0.15) is 5.82 Å². The Morgan fingerprint density at radius 1 is 1.32 bits per heavy atom. The van der Waals surface area contributed by atoms with E-state index in [1.807, 2.05) is 13.8 Å². The summed E-state index contributed by atoms with van der Waals surface area (Å²) in [6.07, 6.45) is 0.734. The van der Waals surface area contributed by atoms with Gasteiger partial charge in [-0.3, -0.25) is 4.79 Å². The molecule has 0 spiro atoms. The number of aldehydes is 1. The number of hydrogen-bond donors (Lipinski definition) is 0. The van der Waals surface area contributed by atoms with Crippen LogP contribution < -0.4 is 0 Å². The first-order valence-electron chi connectivity index (χ1n) is 7.04. The number of ether oxygens (including phenoxy) is 1. The molecule has 0 aliphatic rings. The Hall–Kier alpha value is -2.01. The molecule has 0 N–H and O–H groups in total. The fraction of sp³-hybridized carbons (Fsp3) is 0.294. The molecule has 22 heavy (non-hydrogen) atoms. The van der Waals surface area contributed by atoms with Gasteiger partial charge >= 0.3 is 5.97 Å². The van der Waals surface area contributed by atoms with Crippen molar-refractivity contribution in [1.82, 2.24) is 0 Å². The zero-order chi connectivity index (χ0) is 16.3. The molecule has 3 nitrogen and oxygen atoms in total. The Labute approximate surface area is 132 Å². The summed E-state index contributed by atoms with van der Waals surface area (Å²) in [5, 5.41) is 0. The SMILES string of the molecule is CCOC(=O)c1c(C(C)C)sc(C=O)c1-c1ccc(F)cc1. The summed E-state index contributed by atoms with van der Waals surface area (Å²) in [5.41, 5.74) is 1.58. The van der Waals surface area contributed by atoms with Crippen LogP contribution in [-0.4, -0.2) is 18.9 Å². The van der Waals surface area contributed by atoms with Crippen molar-refractivity contribution in [3.8, 4) is 11.1 Å². The average molecular weight is 320 g/mol. The number of carbonyl (C=O) groups excluding carboxylic acids is 2. The minimum absolute atomic E-state index is 0.0808. The topological polar surface area (TPSA) is 43.4 Å². The van der Waals surface area contributed by atoms with Crippen LogP contribution in [-0.2, 0) is 4.74 Å². The van der Waals surface area contributed by atoms with Crippen LogP contribution in [0.1, 0.15) is 51.6 Å². The lowest BCUT2D eigenvalue weighted by Crippen LogP contribution is -2.08. The van der Waals surface area contributed by atoms with Crippen LogP contribution in [0, 0.1) is 5.82 Å². The normalized spacial score (nSPS) is 10.8. The Bertz CT molecular complexity index is 687. The average Bonchev–Trinajstić information content (AvgIpc) is 2.88. The first-order chi connectivity index (χ1) is 10.5. The quantitative estimate of drug-likeness (QED) is 0.594. The van der Waals surface area contributed by atoms with Crippen molar-refractivity contribution in [2.45, 2.75) is 26.7 Å². The lowest BCUT2D eigenvalue weighted by molar-refractivity contribution is 0.0526. The number of carbonyl (C=O) groups is 2. The van der Waals surface area contributed by atoms with Crippen LogP contribution in [0.15, 0.2) is 24.3 Å². The molecule has 0 aliphatic carbocycles. The van der Waals surface area contributed by atoms with Gasteiger partial charge in [0.05, 0.1) is 17.0 Å². The highest BCUT2D eigenvalue weighted by Crippen LogP contribution is 2.40. The molecule has 0 saturated carbocycles. The molecule has 0 unspecified atom stereocenters. The maximum absolute atomic E-state index is 13.1. The van der Waals surface area contributed by atoms with E-state index in [-0.39, 0.29) is 18.3 Å². The lowest BCUT2D eigenvalue weighted by atomic mass is 9.97. The summed E-state index contributed by atoms with van der Waals surface area (Å²) in [4.78, 5) is 25.0. The van der Waals surface area contributed by atoms with Crippen molar-refractivity contribution >= 4 is 23.6 Å². The van der Waals surface area contributed by atoms with E-state index in [0.717, 1.165) is 11.2 Å². The number of hydrogen-bond acceptors (Lipinski definition) is 4. The summed E-state index contributed by atoms with van der Waals surface area (Å²) < 4.78 is 18.3. The number of esters is 1. The van der Waals surface area contributed by atoms with Crippen LogP contribution >= 0.6 is 11.3 Å². The monoisotopic (exact) mass is 320 g/mol. The van der Waals surface area contributed by atoms with Crippen molar-refractivity contribution in [1.29, 1.82) is 0 Å². The van der Waals surface area contributed by atoms with Gasteiger partial charge in [-0.2, -0.15) is 0 Å². The Balaban J connectivity index is 2.71. The number of thiophene rings is 1. The number of rotatable bonds is 5. The second kappa shape index (κ2) is 6.83. The van der Waals surface area contributed by atoms with Gasteiger partial charge in [0.25, 0.3) is 0 Å². The molecule has 5 heteroatoms. The molecule has 1 aromatic heterocycles. The molecule has 116 valence electrons. The fourth-order valence-corrected chi connectivity index (χ4v) is 3.40. The number of benzene rings is 1. The van der Waals surface area contributed by atoms with E-state index >= 15 is 0 Å². The molecule has 0 aliphatic heterocycles. The van der Waals surface area contributed by atoms with Crippen LogP contribution in [0.25, 0.3) is 11.1 Å². The summed E-state index contributed by atoms with van der Waals surface area (Å²) in [6.45, 7) is 5.90.